The number of nitrogens with one attached hydrogen (secondary N) is 1. The number of hydrogen-bond donors (Lipinski definition) is 1. The van der Waals surface area contributed by atoms with E-state index in [4.69, 9.17) is 15.2 Å². The fourth-order valence-corrected chi connectivity index (χ4v) is 7.75. The molecule has 46 heavy (non-hydrogen) atoms. The fourth-order valence-electron chi connectivity index (χ4n) is 6.12. The lowest BCUT2D eigenvalue weighted by molar-refractivity contribution is -0.00778. The van der Waals surface area contributed by atoms with E-state index in [9.17, 15) is 9.59 Å². The number of aromatic nitrogens is 2. The van der Waals surface area contributed by atoms with Gasteiger partial charge in [-0.15, -0.1) is 0 Å². The summed E-state index contributed by atoms with van der Waals surface area (Å²) in [5.74, 6) is 6.21. The summed E-state index contributed by atoms with van der Waals surface area (Å²) in [6.07, 6.45) is 1.26. The molecule has 0 aliphatic carbocycles. The van der Waals surface area contributed by atoms with Crippen LogP contribution in [-0.4, -0.2) is 51.5 Å². The van der Waals surface area contributed by atoms with Gasteiger partial charge in [0.15, 0.2) is 6.40 Å². The minimum Gasteiger partial charge on any atom is -0.425 e. The van der Waals surface area contributed by atoms with Gasteiger partial charge < -0.3 is 13.8 Å². The Hall–Kier alpha value is -4.06. The van der Waals surface area contributed by atoms with Crippen LogP contribution < -0.4 is 11.2 Å². The molecule has 3 unspecified atom stereocenters. The number of rotatable bonds is 9. The van der Waals surface area contributed by atoms with Crippen molar-refractivity contribution in [1.82, 2.24) is 14.2 Å². The summed E-state index contributed by atoms with van der Waals surface area (Å²) in [6.45, 7) is 10.7. The van der Waals surface area contributed by atoms with Crippen LogP contribution in [0.3, 0.4) is 0 Å². The van der Waals surface area contributed by atoms with Crippen LogP contribution in [0, 0.1) is 11.8 Å². The number of benzene rings is 4. The van der Waals surface area contributed by atoms with Gasteiger partial charge in [0.25, 0.3) is 5.56 Å². The van der Waals surface area contributed by atoms with E-state index in [0.717, 1.165) is 32.5 Å². The highest BCUT2D eigenvalue weighted by atomic mass is 31.2. The second-order valence-electron chi connectivity index (χ2n) is 12.0. The van der Waals surface area contributed by atoms with Gasteiger partial charge in [0.2, 0.25) is 0 Å². The van der Waals surface area contributed by atoms with E-state index in [1.54, 1.807) is 0 Å². The van der Waals surface area contributed by atoms with Crippen molar-refractivity contribution >= 4 is 47.2 Å². The van der Waals surface area contributed by atoms with E-state index in [1.165, 1.54) is 22.6 Å². The van der Waals surface area contributed by atoms with E-state index < -0.39 is 38.2 Å². The Balaban J connectivity index is 1.31. The summed E-state index contributed by atoms with van der Waals surface area (Å²) in [5.41, 5.74) is -0.265. The van der Waals surface area contributed by atoms with Gasteiger partial charge in [0.1, 0.15) is 11.8 Å². The van der Waals surface area contributed by atoms with Crippen molar-refractivity contribution in [3.05, 3.63) is 92.8 Å². The zero-order valence-corrected chi connectivity index (χ0v) is 27.6. The lowest BCUT2D eigenvalue weighted by Crippen LogP contribution is -2.35. The Morgan fingerprint density at radius 1 is 1.04 bits per heavy atom. The molecule has 0 amide bonds. The van der Waals surface area contributed by atoms with E-state index in [2.05, 4.69) is 96.6 Å². The van der Waals surface area contributed by atoms with Crippen molar-refractivity contribution < 1.29 is 15.2 Å². The molecule has 2 heterocycles. The first-order chi connectivity index (χ1) is 22.7. The lowest BCUT2D eigenvalue weighted by Gasteiger charge is -2.36. The molecule has 1 N–H and O–H groups in total. The van der Waals surface area contributed by atoms with Crippen LogP contribution in [0.4, 0.5) is 0 Å². The van der Waals surface area contributed by atoms with Gasteiger partial charge >= 0.3 is 14.2 Å². The van der Waals surface area contributed by atoms with Crippen molar-refractivity contribution in [2.75, 3.05) is 6.54 Å². The molecule has 4 aromatic carbocycles. The number of aromatic amines is 1. The third-order valence-corrected chi connectivity index (χ3v) is 10.2. The normalized spacial score (nSPS) is 19.6. The van der Waals surface area contributed by atoms with E-state index in [0.29, 0.717) is 6.54 Å². The van der Waals surface area contributed by atoms with E-state index in [1.807, 2.05) is 19.1 Å². The maximum absolute atomic E-state index is 13.1. The monoisotopic (exact) mass is 639 g/mol. The predicted octanol–water partition coefficient (Wildman–Crippen LogP) is 6.94. The van der Waals surface area contributed by atoms with Gasteiger partial charge in [-0.2, -0.15) is 0 Å². The molecular formula is C36H39N4O5P. The average molecular weight is 640 g/mol. The minimum absolute atomic E-state index is 0.0732. The fraction of sp³-hybridized carbons (Fsp3) is 0.361. The third-order valence-electron chi connectivity index (χ3n) is 8.19. The first-order valence-electron chi connectivity index (χ1n) is 16.3. The molecule has 238 valence electrons. The first kappa shape index (κ1) is 30.6. The second kappa shape index (κ2) is 13.4. The Morgan fingerprint density at radius 3 is 2.41 bits per heavy atom. The SMILES string of the molecule is [2H]CC1OC(n2cc(C#Cc3ccc4ccc5cccc6ccc3c4c56)c(=O)[nH]c2=O)C[C@H]1OP(O/C=N/CC)N(C(C)C)C(C)C. The summed E-state index contributed by atoms with van der Waals surface area (Å²) >= 11 is 0. The summed E-state index contributed by atoms with van der Waals surface area (Å²) < 4.78 is 30.3. The van der Waals surface area contributed by atoms with Crippen molar-refractivity contribution in [1.29, 1.82) is 0 Å². The number of aliphatic imine (C=N–C) groups is 1. The molecule has 6 rings (SSSR count). The molecule has 1 aliphatic rings. The van der Waals surface area contributed by atoms with Crippen LogP contribution in [0.15, 0.2) is 75.4 Å². The molecule has 0 radical (unpaired) electrons. The topological polar surface area (TPSA) is 98.2 Å². The van der Waals surface area contributed by atoms with Crippen LogP contribution in [0.1, 0.15) is 66.7 Å². The zero-order chi connectivity index (χ0) is 33.2. The second-order valence-corrected chi connectivity index (χ2v) is 13.3. The van der Waals surface area contributed by atoms with Crippen LogP contribution in [0.25, 0.3) is 32.3 Å². The summed E-state index contributed by atoms with van der Waals surface area (Å²) in [5, 5.41) is 6.77. The lowest BCUT2D eigenvalue weighted by atomic mass is 9.92. The van der Waals surface area contributed by atoms with E-state index in [-0.39, 0.29) is 31.0 Å². The standard InChI is InChI=1S/C36H39N4O5P/c1-7-37-21-43-46(40(22(2)3)23(4)5)45-31-19-32(44-24(31)6)39-20-29(35(41)38-36(39)42)16-12-25-11-13-28-15-14-26-9-8-10-27-17-18-30(25)34(28)33(26)27/h8-11,13-15,17-18,20-24,31-32H,7,19H2,1-6H3,(H,38,41,42)/b37-21+/t24?,31-,32?,46?/m1/s1/i6D. The highest BCUT2D eigenvalue weighted by Crippen LogP contribution is 2.49. The Bertz CT molecular complexity index is 2080. The molecule has 1 aromatic heterocycles. The molecule has 1 fully saturated rings. The number of hydrogen-bond acceptors (Lipinski definition) is 7. The summed E-state index contributed by atoms with van der Waals surface area (Å²) in [7, 11) is -1.57. The first-order valence-corrected chi connectivity index (χ1v) is 16.7. The maximum Gasteiger partial charge on any atom is 0.330 e. The van der Waals surface area contributed by atoms with Crippen LogP contribution in [-0.2, 0) is 13.8 Å². The molecule has 1 saturated heterocycles. The minimum atomic E-state index is -1.57. The van der Waals surface area contributed by atoms with Gasteiger partial charge in [-0.3, -0.25) is 19.3 Å². The van der Waals surface area contributed by atoms with Crippen molar-refractivity contribution in [3.8, 4) is 11.8 Å². The molecule has 0 bridgehead atoms. The third kappa shape index (κ3) is 6.19. The van der Waals surface area contributed by atoms with Crippen molar-refractivity contribution in [3.63, 3.8) is 0 Å². The van der Waals surface area contributed by atoms with Crippen molar-refractivity contribution in [2.24, 2.45) is 4.99 Å². The van der Waals surface area contributed by atoms with Gasteiger partial charge in [-0.25, -0.2) is 9.46 Å². The van der Waals surface area contributed by atoms with E-state index >= 15 is 0 Å². The number of nitrogens with zero attached hydrogens (tertiary/aromatic N) is 3. The van der Waals surface area contributed by atoms with Gasteiger partial charge in [-0.05, 0) is 79.9 Å². The number of ether oxygens (including phenoxy) is 1. The molecule has 5 aromatic rings. The van der Waals surface area contributed by atoms with Crippen molar-refractivity contribution in [2.45, 2.75) is 78.5 Å². The van der Waals surface area contributed by atoms with Gasteiger partial charge in [0.05, 0.1) is 12.2 Å². The highest BCUT2D eigenvalue weighted by Gasteiger charge is 2.40. The molecule has 0 saturated carbocycles. The predicted molar refractivity (Wildman–Crippen MR) is 186 cm³/mol. The Labute approximate surface area is 270 Å². The molecule has 10 heteroatoms. The van der Waals surface area contributed by atoms with Gasteiger partial charge in [0, 0.05) is 38.2 Å². The Morgan fingerprint density at radius 2 is 1.72 bits per heavy atom. The summed E-state index contributed by atoms with van der Waals surface area (Å²) in [4.78, 5) is 32.6. The molecular weight excluding hydrogens is 599 g/mol. The maximum atomic E-state index is 13.1. The Kier molecular flexibility index (Phi) is 8.88. The van der Waals surface area contributed by atoms with Crippen LogP contribution in [0.2, 0.25) is 0 Å². The average Bonchev–Trinajstić information content (AvgIpc) is 3.45. The molecule has 1 aliphatic heterocycles. The molecule has 4 atom stereocenters. The quantitative estimate of drug-likeness (QED) is 0.0617. The van der Waals surface area contributed by atoms with Gasteiger partial charge in [-0.1, -0.05) is 60.4 Å². The van der Waals surface area contributed by atoms with Crippen LogP contribution in [0.5, 0.6) is 0 Å². The largest absolute Gasteiger partial charge is 0.425 e. The smallest absolute Gasteiger partial charge is 0.330 e. The molecule has 0 spiro atoms. The molecule has 9 nitrogen and oxygen atoms in total. The highest BCUT2D eigenvalue weighted by molar-refractivity contribution is 7.45. The van der Waals surface area contributed by atoms with Crippen LogP contribution >= 0.6 is 8.53 Å². The number of H-pyrrole nitrogens is 1. The zero-order valence-electron chi connectivity index (χ0n) is 27.7. The summed E-state index contributed by atoms with van der Waals surface area (Å²) in [6, 6.07) is 18.9.